The molecule has 1 nitrogen and oxygen atoms in total. The second kappa shape index (κ2) is 7.40. The number of aryl methyl sites for hydroxylation is 2. The van der Waals surface area contributed by atoms with Crippen LogP contribution in [0.2, 0.25) is 0 Å². The van der Waals surface area contributed by atoms with E-state index >= 15 is 0 Å². The highest BCUT2D eigenvalue weighted by atomic mass is 19.1. The van der Waals surface area contributed by atoms with Gasteiger partial charge in [0.15, 0.2) is 0 Å². The van der Waals surface area contributed by atoms with Crippen molar-refractivity contribution in [2.75, 3.05) is 0 Å². The molecule has 0 atom stereocenters. The van der Waals surface area contributed by atoms with E-state index in [-0.39, 0.29) is 25.7 Å². The van der Waals surface area contributed by atoms with Gasteiger partial charge in [-0.05, 0) is 48.9 Å². The lowest BCUT2D eigenvalue weighted by atomic mass is 10.0. The van der Waals surface area contributed by atoms with Gasteiger partial charge in [-0.1, -0.05) is 12.1 Å². The summed E-state index contributed by atoms with van der Waals surface area (Å²) in [6, 6.07) is 6.62. The zero-order valence-electron chi connectivity index (χ0n) is 11.8. The maximum absolute atomic E-state index is 13.4. The van der Waals surface area contributed by atoms with Gasteiger partial charge in [0.1, 0.15) is 23.3 Å². The van der Waals surface area contributed by atoms with E-state index in [1.807, 2.05) is 0 Å². The van der Waals surface area contributed by atoms with Crippen LogP contribution in [0.25, 0.3) is 0 Å². The number of hydrogen-bond donors (Lipinski definition) is 1. The number of hydrogen-bond acceptors (Lipinski definition) is 1. The predicted molar refractivity (Wildman–Crippen MR) is 75.4 cm³/mol. The average molecular weight is 312 g/mol. The molecular weight excluding hydrogens is 296 g/mol. The van der Waals surface area contributed by atoms with Crippen molar-refractivity contribution in [3.8, 4) is 0 Å². The summed E-state index contributed by atoms with van der Waals surface area (Å²) in [4.78, 5) is 0. The Hall–Kier alpha value is -1.88. The lowest BCUT2D eigenvalue weighted by Crippen LogP contribution is -2.10. The highest BCUT2D eigenvalue weighted by Gasteiger charge is 2.10. The fourth-order valence-corrected chi connectivity index (χ4v) is 2.24. The van der Waals surface area contributed by atoms with Crippen LogP contribution in [0.15, 0.2) is 36.4 Å². The number of aliphatic hydroxyl groups excluding tert-OH is 1. The van der Waals surface area contributed by atoms with Crippen molar-refractivity contribution < 1.29 is 22.7 Å². The van der Waals surface area contributed by atoms with E-state index in [4.69, 9.17) is 0 Å². The third kappa shape index (κ3) is 4.56. The van der Waals surface area contributed by atoms with Gasteiger partial charge in [0.25, 0.3) is 0 Å². The van der Waals surface area contributed by atoms with Crippen LogP contribution in [0.4, 0.5) is 17.6 Å². The summed E-state index contributed by atoms with van der Waals surface area (Å²) in [7, 11) is 0. The van der Waals surface area contributed by atoms with Crippen LogP contribution in [0.1, 0.15) is 24.0 Å². The van der Waals surface area contributed by atoms with Crippen LogP contribution >= 0.6 is 0 Å². The summed E-state index contributed by atoms with van der Waals surface area (Å²) in [6.45, 7) is 0. The third-order valence-corrected chi connectivity index (χ3v) is 3.52. The molecule has 2 aromatic carbocycles. The van der Waals surface area contributed by atoms with Gasteiger partial charge in [0, 0.05) is 12.1 Å². The fourth-order valence-electron chi connectivity index (χ4n) is 2.24. The van der Waals surface area contributed by atoms with Crippen LogP contribution in [0.3, 0.4) is 0 Å². The summed E-state index contributed by atoms with van der Waals surface area (Å²) < 4.78 is 52.4. The quantitative estimate of drug-likeness (QED) is 0.794. The van der Waals surface area contributed by atoms with Crippen LogP contribution in [0, 0.1) is 23.3 Å². The number of halogens is 4. The first kappa shape index (κ1) is 16.5. The Kier molecular flexibility index (Phi) is 5.55. The molecule has 1 N–H and O–H groups in total. The van der Waals surface area contributed by atoms with E-state index in [0.29, 0.717) is 11.1 Å². The first-order valence-corrected chi connectivity index (χ1v) is 7.01. The van der Waals surface area contributed by atoms with Crippen LogP contribution < -0.4 is 0 Å². The largest absolute Gasteiger partial charge is 0.393 e. The fraction of sp³-hybridized carbons (Fsp3) is 0.294. The minimum absolute atomic E-state index is 0.263. The molecule has 5 heteroatoms. The van der Waals surface area contributed by atoms with Crippen molar-refractivity contribution in [3.05, 3.63) is 70.8 Å². The van der Waals surface area contributed by atoms with Crippen LogP contribution in [-0.4, -0.2) is 11.2 Å². The molecule has 0 saturated heterocycles. The van der Waals surface area contributed by atoms with E-state index in [9.17, 15) is 22.7 Å². The van der Waals surface area contributed by atoms with Crippen molar-refractivity contribution in [2.24, 2.45) is 0 Å². The van der Waals surface area contributed by atoms with Gasteiger partial charge >= 0.3 is 0 Å². The zero-order valence-corrected chi connectivity index (χ0v) is 11.8. The lowest BCUT2D eigenvalue weighted by molar-refractivity contribution is 0.154. The molecule has 0 aliphatic heterocycles. The van der Waals surface area contributed by atoms with Crippen molar-refractivity contribution in [3.63, 3.8) is 0 Å². The molecule has 2 aromatic rings. The maximum Gasteiger partial charge on any atom is 0.129 e. The highest BCUT2D eigenvalue weighted by Crippen LogP contribution is 2.16. The zero-order chi connectivity index (χ0) is 16.1. The van der Waals surface area contributed by atoms with Crippen molar-refractivity contribution in [2.45, 2.75) is 31.8 Å². The third-order valence-electron chi connectivity index (χ3n) is 3.52. The number of rotatable bonds is 6. The second-order valence-corrected chi connectivity index (χ2v) is 5.20. The van der Waals surface area contributed by atoms with E-state index in [0.717, 1.165) is 12.1 Å². The summed E-state index contributed by atoms with van der Waals surface area (Å²) in [6.07, 6.45) is 0.351. The monoisotopic (exact) mass is 312 g/mol. The van der Waals surface area contributed by atoms with Gasteiger partial charge in [-0.2, -0.15) is 0 Å². The molecule has 0 saturated carbocycles. The van der Waals surface area contributed by atoms with Crippen molar-refractivity contribution in [1.82, 2.24) is 0 Å². The molecule has 0 amide bonds. The second-order valence-electron chi connectivity index (χ2n) is 5.20. The molecule has 22 heavy (non-hydrogen) atoms. The lowest BCUT2D eigenvalue weighted by Gasteiger charge is -2.11. The minimum Gasteiger partial charge on any atom is -0.393 e. The first-order valence-electron chi connectivity index (χ1n) is 7.01. The molecule has 0 aliphatic rings. The SMILES string of the molecule is OC(CCc1ccc(F)cc1F)CCc1ccc(F)cc1F. The maximum atomic E-state index is 13.4. The Morgan fingerprint density at radius 1 is 0.727 bits per heavy atom. The van der Waals surface area contributed by atoms with Gasteiger partial charge in [-0.3, -0.25) is 0 Å². The normalized spacial score (nSPS) is 11.2. The Morgan fingerprint density at radius 2 is 1.14 bits per heavy atom. The van der Waals surface area contributed by atoms with Crippen molar-refractivity contribution in [1.29, 1.82) is 0 Å². The number of aliphatic hydroxyl groups is 1. The Balaban J connectivity index is 1.84. The smallest absolute Gasteiger partial charge is 0.129 e. The molecule has 0 fully saturated rings. The van der Waals surface area contributed by atoms with Crippen LogP contribution in [-0.2, 0) is 12.8 Å². The summed E-state index contributed by atoms with van der Waals surface area (Å²) >= 11 is 0. The average Bonchev–Trinajstić information content (AvgIpc) is 2.45. The summed E-state index contributed by atoms with van der Waals surface area (Å²) in [5, 5.41) is 9.87. The Labute approximate surface area is 126 Å². The molecule has 0 heterocycles. The predicted octanol–water partition coefficient (Wildman–Crippen LogP) is 4.17. The number of benzene rings is 2. The van der Waals surface area contributed by atoms with Crippen molar-refractivity contribution >= 4 is 0 Å². The van der Waals surface area contributed by atoms with Gasteiger partial charge in [-0.15, -0.1) is 0 Å². The topological polar surface area (TPSA) is 20.2 Å². The van der Waals surface area contributed by atoms with E-state index in [1.165, 1.54) is 24.3 Å². The van der Waals surface area contributed by atoms with E-state index in [2.05, 4.69) is 0 Å². The molecule has 0 bridgehead atoms. The molecule has 0 radical (unpaired) electrons. The molecule has 118 valence electrons. The molecular formula is C17H16F4O. The van der Waals surface area contributed by atoms with Gasteiger partial charge in [0.2, 0.25) is 0 Å². The van der Waals surface area contributed by atoms with Crippen LogP contribution in [0.5, 0.6) is 0 Å². The minimum atomic E-state index is -0.742. The molecule has 0 spiro atoms. The highest BCUT2D eigenvalue weighted by molar-refractivity contribution is 5.20. The standard InChI is InChI=1S/C17H16F4O/c18-13-5-1-11(16(20)9-13)3-7-15(22)8-4-12-2-6-14(19)10-17(12)21/h1-2,5-6,9-10,15,22H,3-4,7-8H2. The summed E-state index contributed by atoms with van der Waals surface area (Å²) in [5.74, 6) is -2.57. The molecule has 0 unspecified atom stereocenters. The molecule has 0 aliphatic carbocycles. The van der Waals surface area contributed by atoms with Gasteiger partial charge in [-0.25, -0.2) is 17.6 Å². The first-order chi connectivity index (χ1) is 10.5. The Morgan fingerprint density at radius 3 is 1.50 bits per heavy atom. The van der Waals surface area contributed by atoms with Gasteiger partial charge < -0.3 is 5.11 Å². The summed E-state index contributed by atoms with van der Waals surface area (Å²) in [5.41, 5.74) is 0.654. The van der Waals surface area contributed by atoms with E-state index in [1.54, 1.807) is 0 Å². The molecule has 0 aromatic heterocycles. The Bertz CT molecular complexity index is 587. The van der Waals surface area contributed by atoms with Gasteiger partial charge in [0.05, 0.1) is 6.10 Å². The van der Waals surface area contributed by atoms with E-state index < -0.39 is 29.4 Å². The molecule has 2 rings (SSSR count).